The van der Waals surface area contributed by atoms with Crippen LogP contribution in [0.5, 0.6) is 0 Å². The van der Waals surface area contributed by atoms with Crippen LogP contribution in [-0.4, -0.2) is 38.5 Å². The van der Waals surface area contributed by atoms with E-state index in [1.165, 1.54) is 0 Å². The summed E-state index contributed by atoms with van der Waals surface area (Å²) in [6, 6.07) is 9.92. The number of carbonyl (C=O) groups is 1. The molecule has 0 bridgehead atoms. The molecule has 0 aliphatic rings. The van der Waals surface area contributed by atoms with Crippen molar-refractivity contribution in [1.29, 1.82) is 0 Å². The Labute approximate surface area is 124 Å². The van der Waals surface area contributed by atoms with E-state index in [4.69, 9.17) is 0 Å². The number of nitrogens with zero attached hydrogens (tertiary/aromatic N) is 4. The maximum atomic E-state index is 12.8. The molecule has 0 radical (unpaired) electrons. The Kier molecular flexibility index (Phi) is 5.03. The lowest BCUT2D eigenvalue weighted by atomic mass is 9.84. The van der Waals surface area contributed by atoms with Gasteiger partial charge in [-0.3, -0.25) is 4.79 Å². The van der Waals surface area contributed by atoms with Crippen LogP contribution in [0.25, 0.3) is 0 Å². The minimum atomic E-state index is -0.145. The van der Waals surface area contributed by atoms with Crippen LogP contribution in [0.3, 0.4) is 0 Å². The number of H-pyrrole nitrogens is 1. The van der Waals surface area contributed by atoms with E-state index >= 15 is 0 Å². The lowest BCUT2D eigenvalue weighted by Gasteiger charge is -2.27. The minimum Gasteiger partial charge on any atom is -0.338 e. The van der Waals surface area contributed by atoms with Crippen molar-refractivity contribution in [3.05, 3.63) is 41.7 Å². The van der Waals surface area contributed by atoms with E-state index in [0.29, 0.717) is 12.4 Å². The highest BCUT2D eigenvalue weighted by molar-refractivity contribution is 5.83. The van der Waals surface area contributed by atoms with Crippen molar-refractivity contribution in [2.24, 2.45) is 5.92 Å². The van der Waals surface area contributed by atoms with Gasteiger partial charge < -0.3 is 4.90 Å². The van der Waals surface area contributed by atoms with Crippen molar-refractivity contribution in [3.63, 3.8) is 0 Å². The number of aromatic nitrogens is 4. The van der Waals surface area contributed by atoms with Gasteiger partial charge in [-0.15, -0.1) is 10.2 Å². The standard InChI is InChI=1S/C15H21N5O/c1-4-11(2)14(12-8-6-5-7-9-12)15(21)20(3)10-13-16-18-19-17-13/h5-9,11,14H,4,10H2,1-3H3,(H,16,17,18,19)/t11-,14-/m0/s1. The number of likely N-dealkylation sites (N-methyl/N-ethyl adjacent to an activating group) is 1. The van der Waals surface area contributed by atoms with Crippen molar-refractivity contribution < 1.29 is 4.79 Å². The van der Waals surface area contributed by atoms with E-state index in [1.807, 2.05) is 30.3 Å². The summed E-state index contributed by atoms with van der Waals surface area (Å²) in [5.74, 6) is 0.725. The fourth-order valence-corrected chi connectivity index (χ4v) is 2.39. The summed E-state index contributed by atoms with van der Waals surface area (Å²) in [6.07, 6.45) is 0.946. The molecule has 0 aliphatic heterocycles. The van der Waals surface area contributed by atoms with Gasteiger partial charge in [0.15, 0.2) is 5.82 Å². The number of amides is 1. The molecule has 0 saturated carbocycles. The average Bonchev–Trinajstić information content (AvgIpc) is 3.01. The van der Waals surface area contributed by atoms with Gasteiger partial charge in [-0.1, -0.05) is 55.8 Å². The maximum absolute atomic E-state index is 12.8. The normalized spacial score (nSPS) is 13.7. The first-order chi connectivity index (χ1) is 10.1. The Morgan fingerprint density at radius 1 is 1.33 bits per heavy atom. The van der Waals surface area contributed by atoms with Gasteiger partial charge in [-0.2, -0.15) is 5.21 Å². The third-order valence-corrected chi connectivity index (χ3v) is 3.78. The zero-order chi connectivity index (χ0) is 15.2. The number of hydrogen-bond donors (Lipinski definition) is 1. The number of hydrogen-bond acceptors (Lipinski definition) is 4. The summed E-state index contributed by atoms with van der Waals surface area (Å²) in [5, 5.41) is 13.7. The molecule has 6 nitrogen and oxygen atoms in total. The van der Waals surface area contributed by atoms with Gasteiger partial charge >= 0.3 is 0 Å². The Bertz CT molecular complexity index is 555. The second-order valence-corrected chi connectivity index (χ2v) is 5.30. The molecule has 0 fully saturated rings. The van der Waals surface area contributed by atoms with Crippen LogP contribution in [0.15, 0.2) is 30.3 Å². The van der Waals surface area contributed by atoms with Crippen LogP contribution in [0.2, 0.25) is 0 Å². The summed E-state index contributed by atoms with van der Waals surface area (Å²) in [5.41, 5.74) is 1.05. The van der Waals surface area contributed by atoms with E-state index in [-0.39, 0.29) is 17.7 Å². The summed E-state index contributed by atoms with van der Waals surface area (Å²) >= 11 is 0. The molecule has 1 N–H and O–H groups in total. The highest BCUT2D eigenvalue weighted by Crippen LogP contribution is 2.28. The Morgan fingerprint density at radius 3 is 2.62 bits per heavy atom. The molecule has 21 heavy (non-hydrogen) atoms. The molecule has 2 atom stereocenters. The smallest absolute Gasteiger partial charge is 0.230 e. The number of tetrazole rings is 1. The molecule has 1 aromatic carbocycles. The predicted octanol–water partition coefficient (Wildman–Crippen LogP) is 1.99. The van der Waals surface area contributed by atoms with Crippen molar-refractivity contribution >= 4 is 5.91 Å². The first-order valence-electron chi connectivity index (χ1n) is 7.15. The molecule has 6 heteroatoms. The van der Waals surface area contributed by atoms with Crippen molar-refractivity contribution in [2.45, 2.75) is 32.7 Å². The zero-order valence-corrected chi connectivity index (χ0v) is 12.7. The quantitative estimate of drug-likeness (QED) is 0.881. The van der Waals surface area contributed by atoms with Crippen LogP contribution >= 0.6 is 0 Å². The first kappa shape index (κ1) is 15.2. The SMILES string of the molecule is CC[C@H](C)[C@H](C(=O)N(C)Cc1nn[nH]n1)c1ccccc1. The fraction of sp³-hybridized carbons (Fsp3) is 0.467. The molecule has 2 rings (SSSR count). The maximum Gasteiger partial charge on any atom is 0.230 e. The van der Waals surface area contributed by atoms with Gasteiger partial charge in [-0.05, 0) is 11.5 Å². The van der Waals surface area contributed by atoms with Crippen LogP contribution in [0.1, 0.15) is 37.6 Å². The Hall–Kier alpha value is -2.24. The number of benzene rings is 1. The third kappa shape index (κ3) is 3.65. The van der Waals surface area contributed by atoms with E-state index in [1.54, 1.807) is 11.9 Å². The molecule has 0 saturated heterocycles. The van der Waals surface area contributed by atoms with Crippen LogP contribution < -0.4 is 0 Å². The van der Waals surface area contributed by atoms with E-state index in [2.05, 4.69) is 34.5 Å². The molecule has 2 aromatic rings. The fourth-order valence-electron chi connectivity index (χ4n) is 2.39. The Morgan fingerprint density at radius 2 is 2.05 bits per heavy atom. The van der Waals surface area contributed by atoms with Gasteiger partial charge in [0.1, 0.15) is 0 Å². The van der Waals surface area contributed by atoms with Crippen LogP contribution in [0.4, 0.5) is 0 Å². The van der Waals surface area contributed by atoms with Gasteiger partial charge in [0.2, 0.25) is 5.91 Å². The highest BCUT2D eigenvalue weighted by Gasteiger charge is 2.28. The van der Waals surface area contributed by atoms with Crippen molar-refractivity contribution in [2.75, 3.05) is 7.05 Å². The van der Waals surface area contributed by atoms with Gasteiger partial charge in [0.05, 0.1) is 12.5 Å². The van der Waals surface area contributed by atoms with Crippen LogP contribution in [-0.2, 0) is 11.3 Å². The molecule has 1 aromatic heterocycles. The van der Waals surface area contributed by atoms with Crippen molar-refractivity contribution in [1.82, 2.24) is 25.5 Å². The molecular formula is C15H21N5O. The van der Waals surface area contributed by atoms with Crippen molar-refractivity contribution in [3.8, 4) is 0 Å². The highest BCUT2D eigenvalue weighted by atomic mass is 16.2. The summed E-state index contributed by atoms with van der Waals surface area (Å²) in [6.45, 7) is 4.57. The molecule has 1 heterocycles. The third-order valence-electron chi connectivity index (χ3n) is 3.78. The largest absolute Gasteiger partial charge is 0.338 e. The Balaban J connectivity index is 2.18. The topological polar surface area (TPSA) is 74.8 Å². The second kappa shape index (κ2) is 6.97. The predicted molar refractivity (Wildman–Crippen MR) is 79.3 cm³/mol. The van der Waals surface area contributed by atoms with E-state index in [9.17, 15) is 4.79 Å². The number of carbonyl (C=O) groups excluding carboxylic acids is 1. The molecule has 112 valence electrons. The molecular weight excluding hydrogens is 266 g/mol. The van der Waals surface area contributed by atoms with E-state index in [0.717, 1.165) is 12.0 Å². The van der Waals surface area contributed by atoms with Gasteiger partial charge in [0, 0.05) is 7.05 Å². The average molecular weight is 287 g/mol. The zero-order valence-electron chi connectivity index (χ0n) is 12.7. The second-order valence-electron chi connectivity index (χ2n) is 5.30. The molecule has 1 amide bonds. The molecule has 0 spiro atoms. The molecule has 0 unspecified atom stereocenters. The summed E-state index contributed by atoms with van der Waals surface area (Å²) < 4.78 is 0. The minimum absolute atomic E-state index is 0.0837. The number of rotatable bonds is 6. The lowest BCUT2D eigenvalue weighted by Crippen LogP contribution is -2.34. The number of aromatic amines is 1. The summed E-state index contributed by atoms with van der Waals surface area (Å²) in [4.78, 5) is 14.5. The van der Waals surface area contributed by atoms with E-state index < -0.39 is 0 Å². The number of nitrogens with one attached hydrogen (secondary N) is 1. The first-order valence-corrected chi connectivity index (χ1v) is 7.15. The lowest BCUT2D eigenvalue weighted by molar-refractivity contribution is -0.133. The van der Waals surface area contributed by atoms with Crippen LogP contribution in [0, 0.1) is 5.92 Å². The monoisotopic (exact) mass is 287 g/mol. The van der Waals surface area contributed by atoms with Gasteiger partial charge in [-0.25, -0.2) is 0 Å². The summed E-state index contributed by atoms with van der Waals surface area (Å²) in [7, 11) is 1.77. The molecule has 0 aliphatic carbocycles. The van der Waals surface area contributed by atoms with Gasteiger partial charge in [0.25, 0.3) is 0 Å².